The normalized spacial score (nSPS) is 13.9. The topological polar surface area (TPSA) is 165 Å². The van der Waals surface area contributed by atoms with E-state index in [4.69, 9.17) is 10.5 Å². The van der Waals surface area contributed by atoms with Crippen molar-refractivity contribution in [2.75, 3.05) is 0 Å². The Morgan fingerprint density at radius 1 is 1.13 bits per heavy atom. The van der Waals surface area contributed by atoms with Crippen LogP contribution in [0.2, 0.25) is 0 Å². The zero-order valence-electron chi connectivity index (χ0n) is 21.1. The molecule has 2 aromatic carbocycles. The van der Waals surface area contributed by atoms with Crippen molar-refractivity contribution in [3.8, 4) is 0 Å². The van der Waals surface area contributed by atoms with Crippen molar-refractivity contribution in [2.45, 2.75) is 57.3 Å². The number of rotatable bonds is 12. The van der Waals surface area contributed by atoms with Crippen LogP contribution in [0.3, 0.4) is 0 Å². The molecule has 0 aliphatic rings. The molecule has 3 rings (SSSR count). The Hall–Kier alpha value is -4.12. The lowest BCUT2D eigenvalue weighted by molar-refractivity contribution is -0.123. The van der Waals surface area contributed by atoms with Gasteiger partial charge >= 0.3 is 6.16 Å². The molecule has 1 aromatic heterocycles. The lowest BCUT2D eigenvalue weighted by atomic mass is 9.87. The van der Waals surface area contributed by atoms with Crippen molar-refractivity contribution in [1.82, 2.24) is 15.3 Å². The van der Waals surface area contributed by atoms with E-state index in [0.29, 0.717) is 16.6 Å². The third-order valence-corrected chi connectivity index (χ3v) is 6.07. The molecule has 0 spiro atoms. The number of hydrogen-bond acceptors (Lipinski definition) is 7. The molecule has 0 saturated carbocycles. The molecular formula is C27H31FN4O6. The second kappa shape index (κ2) is 12.4. The van der Waals surface area contributed by atoms with Crippen molar-refractivity contribution < 1.29 is 33.7 Å². The van der Waals surface area contributed by atoms with E-state index in [9.17, 15) is 29.0 Å². The summed E-state index contributed by atoms with van der Waals surface area (Å²) in [4.78, 5) is 45.6. The number of nitrogens with one attached hydrogen (secondary N) is 1. The van der Waals surface area contributed by atoms with E-state index < -0.39 is 47.5 Å². The Labute approximate surface area is 219 Å². The second-order valence-electron chi connectivity index (χ2n) is 9.77. The summed E-state index contributed by atoms with van der Waals surface area (Å²) in [5.41, 5.74) is 6.02. The number of benzene rings is 2. The summed E-state index contributed by atoms with van der Waals surface area (Å²) in [6, 6.07) is 11.6. The standard InChI is InChI=1S/C27H31FN4O6/c1-27(2,37)11-10-17(24(29)33)14-23(38-26(35)36)21(13-16-6-5-7-18(28)12-16)32-25(34)22-15-30-19-8-3-4-9-20(19)31-22/h3-9,12,15,17,21,23,37H,10-11,13-14H2,1-2H3,(H2,29,33)(H,32,34)(H,35,36)/t17-,21+,23+/m1/s1. The van der Waals surface area contributed by atoms with Gasteiger partial charge in [-0.1, -0.05) is 24.3 Å². The molecule has 0 aliphatic heterocycles. The molecule has 3 atom stereocenters. The van der Waals surface area contributed by atoms with E-state index in [-0.39, 0.29) is 31.4 Å². The molecule has 0 fully saturated rings. The minimum atomic E-state index is -1.62. The maximum absolute atomic E-state index is 13.9. The highest BCUT2D eigenvalue weighted by atomic mass is 19.1. The van der Waals surface area contributed by atoms with Gasteiger partial charge in [0.05, 0.1) is 28.9 Å². The molecule has 10 nitrogen and oxygen atoms in total. The van der Waals surface area contributed by atoms with Crippen LogP contribution in [0.1, 0.15) is 49.2 Å². The molecule has 0 radical (unpaired) electrons. The number of halogens is 1. The number of nitrogens with zero attached hydrogens (tertiary/aromatic N) is 2. The highest BCUT2D eigenvalue weighted by Gasteiger charge is 2.33. The Morgan fingerprint density at radius 3 is 2.47 bits per heavy atom. The molecule has 202 valence electrons. The van der Waals surface area contributed by atoms with Crippen LogP contribution < -0.4 is 11.1 Å². The first-order valence-corrected chi connectivity index (χ1v) is 12.1. The van der Waals surface area contributed by atoms with Gasteiger partial charge in [-0.25, -0.2) is 14.2 Å². The first-order chi connectivity index (χ1) is 17.9. The van der Waals surface area contributed by atoms with E-state index in [1.807, 2.05) is 0 Å². The van der Waals surface area contributed by atoms with Gasteiger partial charge < -0.3 is 26.0 Å². The number of carbonyl (C=O) groups excluding carboxylic acids is 2. The number of para-hydroxylation sites is 2. The van der Waals surface area contributed by atoms with Gasteiger partial charge in [0, 0.05) is 5.92 Å². The average Bonchev–Trinajstić information content (AvgIpc) is 2.84. The fraction of sp³-hybridized carbons (Fsp3) is 0.370. The lowest BCUT2D eigenvalue weighted by Crippen LogP contribution is -2.48. The van der Waals surface area contributed by atoms with Gasteiger partial charge in [-0.15, -0.1) is 0 Å². The molecule has 0 bridgehead atoms. The quantitative estimate of drug-likeness (QED) is 0.261. The number of fused-ring (bicyclic) bond motifs is 1. The summed E-state index contributed by atoms with van der Waals surface area (Å²) >= 11 is 0. The van der Waals surface area contributed by atoms with Crippen molar-refractivity contribution in [3.05, 3.63) is 71.8 Å². The van der Waals surface area contributed by atoms with Crippen LogP contribution in [0.4, 0.5) is 9.18 Å². The summed E-state index contributed by atoms with van der Waals surface area (Å²) in [6.45, 7) is 3.15. The highest BCUT2D eigenvalue weighted by Crippen LogP contribution is 2.24. The van der Waals surface area contributed by atoms with Crippen LogP contribution in [0.15, 0.2) is 54.7 Å². The minimum absolute atomic E-state index is 0.0145. The van der Waals surface area contributed by atoms with Gasteiger partial charge in [-0.3, -0.25) is 14.6 Å². The number of hydrogen-bond donors (Lipinski definition) is 4. The molecule has 5 N–H and O–H groups in total. The van der Waals surface area contributed by atoms with Gasteiger partial charge in [0.2, 0.25) is 5.91 Å². The maximum atomic E-state index is 13.9. The third-order valence-electron chi connectivity index (χ3n) is 6.07. The number of primary amides is 1. The number of carboxylic acid groups (broad SMARTS) is 1. The first kappa shape index (κ1) is 28.5. The fourth-order valence-electron chi connectivity index (χ4n) is 4.11. The van der Waals surface area contributed by atoms with Crippen LogP contribution in [0, 0.1) is 11.7 Å². The number of carbonyl (C=O) groups is 3. The third kappa shape index (κ3) is 8.48. The minimum Gasteiger partial charge on any atom is -0.450 e. The van der Waals surface area contributed by atoms with E-state index in [1.165, 1.54) is 24.4 Å². The highest BCUT2D eigenvalue weighted by molar-refractivity contribution is 5.94. The first-order valence-electron chi connectivity index (χ1n) is 12.1. The summed E-state index contributed by atoms with van der Waals surface area (Å²) < 4.78 is 19.1. The van der Waals surface area contributed by atoms with Gasteiger partial charge in [0.25, 0.3) is 5.91 Å². The smallest absolute Gasteiger partial charge is 0.450 e. The van der Waals surface area contributed by atoms with Crippen molar-refractivity contribution in [2.24, 2.45) is 11.7 Å². The van der Waals surface area contributed by atoms with Crippen LogP contribution in [0.25, 0.3) is 11.0 Å². The largest absolute Gasteiger partial charge is 0.506 e. The number of aromatic nitrogens is 2. The zero-order chi connectivity index (χ0) is 27.9. The summed E-state index contributed by atoms with van der Waals surface area (Å²) in [6.07, 6.45) is -1.36. The summed E-state index contributed by atoms with van der Waals surface area (Å²) in [7, 11) is 0. The van der Waals surface area contributed by atoms with Crippen LogP contribution in [-0.2, 0) is 16.0 Å². The number of aliphatic hydroxyl groups is 1. The van der Waals surface area contributed by atoms with Gasteiger partial charge in [0.15, 0.2) is 0 Å². The van der Waals surface area contributed by atoms with Crippen molar-refractivity contribution in [3.63, 3.8) is 0 Å². The van der Waals surface area contributed by atoms with Crippen molar-refractivity contribution in [1.29, 1.82) is 0 Å². The summed E-state index contributed by atoms with van der Waals surface area (Å²) in [5.74, 6) is -2.73. The molecule has 3 aromatic rings. The Morgan fingerprint density at radius 2 is 1.84 bits per heavy atom. The summed E-state index contributed by atoms with van der Waals surface area (Å²) in [5, 5.41) is 22.3. The molecular weight excluding hydrogens is 495 g/mol. The van der Waals surface area contributed by atoms with Gasteiger partial charge in [0.1, 0.15) is 17.6 Å². The molecule has 38 heavy (non-hydrogen) atoms. The van der Waals surface area contributed by atoms with Gasteiger partial charge in [-0.05, 0) is 69.4 Å². The Balaban J connectivity index is 1.93. The lowest BCUT2D eigenvalue weighted by Gasteiger charge is -2.30. The number of amides is 2. The number of ether oxygens (including phenoxy) is 1. The van der Waals surface area contributed by atoms with E-state index in [1.54, 1.807) is 44.2 Å². The van der Waals surface area contributed by atoms with Crippen LogP contribution in [-0.4, -0.2) is 55.9 Å². The van der Waals surface area contributed by atoms with Crippen LogP contribution >= 0.6 is 0 Å². The monoisotopic (exact) mass is 526 g/mol. The fourth-order valence-corrected chi connectivity index (χ4v) is 4.11. The van der Waals surface area contributed by atoms with E-state index in [2.05, 4.69) is 15.3 Å². The molecule has 1 heterocycles. The SMILES string of the molecule is CC(C)(O)CC[C@H](C[C@H](OC(=O)O)[C@H](Cc1cccc(F)c1)NC(=O)c1cnc2ccccc2n1)C(N)=O. The van der Waals surface area contributed by atoms with Crippen LogP contribution in [0.5, 0.6) is 0 Å². The molecule has 0 unspecified atom stereocenters. The maximum Gasteiger partial charge on any atom is 0.506 e. The second-order valence-corrected chi connectivity index (χ2v) is 9.77. The predicted molar refractivity (Wildman–Crippen MR) is 137 cm³/mol. The Kier molecular flexibility index (Phi) is 9.30. The van der Waals surface area contributed by atoms with E-state index in [0.717, 1.165) is 0 Å². The average molecular weight is 527 g/mol. The van der Waals surface area contributed by atoms with Gasteiger partial charge in [-0.2, -0.15) is 0 Å². The Bertz CT molecular complexity index is 1300. The van der Waals surface area contributed by atoms with E-state index >= 15 is 0 Å². The molecule has 2 amide bonds. The number of nitrogens with two attached hydrogens (primary N) is 1. The predicted octanol–water partition coefficient (Wildman–Crippen LogP) is 3.22. The molecule has 11 heteroatoms. The zero-order valence-corrected chi connectivity index (χ0v) is 21.1. The molecule has 0 aliphatic carbocycles. The molecule has 0 saturated heterocycles. The van der Waals surface area contributed by atoms with Crippen molar-refractivity contribution >= 4 is 29.0 Å².